The first-order valence-electron chi connectivity index (χ1n) is 10.9. The van der Waals surface area contributed by atoms with E-state index in [4.69, 9.17) is 21.0 Å². The molecule has 1 aromatic rings. The van der Waals surface area contributed by atoms with Gasteiger partial charge in [-0.25, -0.2) is 0 Å². The fourth-order valence-corrected chi connectivity index (χ4v) is 3.93. The van der Waals surface area contributed by atoms with Crippen LogP contribution in [0.3, 0.4) is 0 Å². The normalized spacial score (nSPS) is 21.2. The number of aliphatic carboxylic acids is 1. The summed E-state index contributed by atoms with van der Waals surface area (Å²) < 4.78 is 5.59. The molecule has 0 spiro atoms. The monoisotopic (exact) mass is 432 g/mol. The van der Waals surface area contributed by atoms with Gasteiger partial charge in [-0.3, -0.25) is 19.8 Å². The van der Waals surface area contributed by atoms with E-state index in [0.717, 1.165) is 37.7 Å². The Morgan fingerprint density at radius 2 is 1.71 bits per heavy atom. The predicted octanol–water partition coefficient (Wildman–Crippen LogP) is 4.10. The van der Waals surface area contributed by atoms with Gasteiger partial charge in [0.1, 0.15) is 17.2 Å². The Labute approximate surface area is 184 Å². The lowest BCUT2D eigenvalue weighted by molar-refractivity contribution is -0.163. The zero-order valence-electron chi connectivity index (χ0n) is 19.1. The van der Waals surface area contributed by atoms with Crippen LogP contribution in [0.15, 0.2) is 24.3 Å². The summed E-state index contributed by atoms with van der Waals surface area (Å²) in [5, 5.41) is 15.1. The molecule has 31 heavy (non-hydrogen) atoms. The number of carbonyl (C=O) groups is 3. The predicted molar refractivity (Wildman–Crippen MR) is 120 cm³/mol. The van der Waals surface area contributed by atoms with Crippen molar-refractivity contribution in [2.24, 2.45) is 17.6 Å². The van der Waals surface area contributed by atoms with E-state index < -0.39 is 5.97 Å². The number of nitrogens with two attached hydrogens (primary N) is 1. The highest BCUT2D eigenvalue weighted by atomic mass is 16.6. The number of ketones is 1. The molecule has 1 aliphatic rings. The first-order valence-corrected chi connectivity index (χ1v) is 10.9. The highest BCUT2D eigenvalue weighted by Gasteiger charge is 2.39. The van der Waals surface area contributed by atoms with Gasteiger partial charge < -0.3 is 15.6 Å². The molecule has 1 aromatic carbocycles. The topological polar surface area (TPSA) is 131 Å². The van der Waals surface area contributed by atoms with E-state index in [0.29, 0.717) is 17.9 Å². The van der Waals surface area contributed by atoms with E-state index >= 15 is 0 Å². The number of carbonyl (C=O) groups excluding carboxylic acids is 2. The van der Waals surface area contributed by atoms with Gasteiger partial charge in [0.05, 0.1) is 0 Å². The van der Waals surface area contributed by atoms with Crippen molar-refractivity contribution in [1.29, 1.82) is 5.41 Å². The van der Waals surface area contributed by atoms with Crippen molar-refractivity contribution in [3.63, 3.8) is 0 Å². The fraction of sp³-hybridized carbons (Fsp3) is 0.583. The molecule has 1 aliphatic carbocycles. The Balaban J connectivity index is 0.000000861. The van der Waals surface area contributed by atoms with Crippen LogP contribution in [0.2, 0.25) is 0 Å². The van der Waals surface area contributed by atoms with Gasteiger partial charge in [0.25, 0.3) is 0 Å². The molecule has 0 radical (unpaired) electrons. The lowest BCUT2D eigenvalue weighted by atomic mass is 9.71. The Kier molecular flexibility index (Phi) is 10.4. The lowest BCUT2D eigenvalue weighted by Gasteiger charge is -2.40. The van der Waals surface area contributed by atoms with Crippen molar-refractivity contribution in [2.75, 3.05) is 0 Å². The maximum atomic E-state index is 12.7. The van der Waals surface area contributed by atoms with Crippen LogP contribution in [0.5, 0.6) is 0 Å². The highest BCUT2D eigenvalue weighted by molar-refractivity contribution is 5.95. The smallest absolute Gasteiger partial charge is 0.303 e. The quantitative estimate of drug-likeness (QED) is 0.322. The van der Waals surface area contributed by atoms with Crippen molar-refractivity contribution in [1.82, 2.24) is 0 Å². The molecule has 0 heterocycles. The van der Waals surface area contributed by atoms with Gasteiger partial charge in [-0.1, -0.05) is 45.0 Å². The average Bonchev–Trinajstić information content (AvgIpc) is 2.74. The highest BCUT2D eigenvalue weighted by Crippen LogP contribution is 2.40. The van der Waals surface area contributed by atoms with Gasteiger partial charge in [-0.2, -0.15) is 0 Å². The lowest BCUT2D eigenvalue weighted by Crippen LogP contribution is -2.40. The number of amidine groups is 1. The molecule has 7 heteroatoms. The van der Waals surface area contributed by atoms with Gasteiger partial charge in [0.2, 0.25) is 0 Å². The molecule has 0 saturated heterocycles. The van der Waals surface area contributed by atoms with Crippen LogP contribution in [0.25, 0.3) is 0 Å². The molecule has 172 valence electrons. The van der Waals surface area contributed by atoms with Crippen LogP contribution < -0.4 is 5.73 Å². The summed E-state index contributed by atoms with van der Waals surface area (Å²) in [5.41, 5.74) is 6.74. The summed E-state index contributed by atoms with van der Waals surface area (Å²) in [6.45, 7) is 7.14. The zero-order chi connectivity index (χ0) is 23.6. The second kappa shape index (κ2) is 12.2. The third kappa shape index (κ3) is 8.52. The average molecular weight is 433 g/mol. The summed E-state index contributed by atoms with van der Waals surface area (Å²) in [6.07, 6.45) is 4.94. The number of hydrogen-bond acceptors (Lipinski definition) is 5. The van der Waals surface area contributed by atoms with Crippen molar-refractivity contribution in [3.05, 3.63) is 35.4 Å². The fourth-order valence-electron chi connectivity index (χ4n) is 3.93. The molecule has 0 bridgehead atoms. The molecule has 0 aromatic heterocycles. The number of rotatable bonds is 8. The van der Waals surface area contributed by atoms with E-state index in [2.05, 4.69) is 6.92 Å². The van der Waals surface area contributed by atoms with Crippen LogP contribution >= 0.6 is 0 Å². The number of nitrogen functional groups attached to an aromatic ring is 1. The summed E-state index contributed by atoms with van der Waals surface area (Å²) in [7, 11) is 0. The Hall–Kier alpha value is -2.70. The summed E-state index contributed by atoms with van der Waals surface area (Å²) in [5.74, 6) is -0.356. The standard InChI is InChI=1S/C21H30N2O3.C3H6O2/c1-4-21(26-15(3)24)11-9-17(10-12-21)14(2)19(25)13-16-5-7-18(8-6-16)20(22)23;1-2-3(4)5/h5-8,14,17H,4,9-13H2,1-3H3,(H3,22,23);2H2,1H3,(H,4,5). The van der Waals surface area contributed by atoms with E-state index in [9.17, 15) is 14.4 Å². The minimum absolute atomic E-state index is 0.00494. The van der Waals surface area contributed by atoms with E-state index in [1.165, 1.54) is 6.92 Å². The van der Waals surface area contributed by atoms with Gasteiger partial charge >= 0.3 is 11.9 Å². The summed E-state index contributed by atoms with van der Waals surface area (Å²) in [6, 6.07) is 7.30. The van der Waals surface area contributed by atoms with E-state index in [1.807, 2.05) is 19.1 Å². The molecule has 1 atom stereocenters. The minimum Gasteiger partial charge on any atom is -0.481 e. The van der Waals surface area contributed by atoms with Crippen molar-refractivity contribution in [3.8, 4) is 0 Å². The second-order valence-electron chi connectivity index (χ2n) is 8.26. The first-order chi connectivity index (χ1) is 14.5. The number of ether oxygens (including phenoxy) is 1. The SMILES string of the molecule is CCC(=O)O.CCC1(OC(C)=O)CCC(C(C)C(=O)Cc2ccc(C(=N)N)cc2)CC1. The van der Waals surface area contributed by atoms with E-state index in [1.54, 1.807) is 19.1 Å². The van der Waals surface area contributed by atoms with Gasteiger partial charge in [0.15, 0.2) is 0 Å². The molecule has 2 rings (SSSR count). The second-order valence-corrected chi connectivity index (χ2v) is 8.26. The van der Waals surface area contributed by atoms with Gasteiger partial charge in [-0.05, 0) is 43.6 Å². The number of benzene rings is 1. The molecule has 1 saturated carbocycles. The van der Waals surface area contributed by atoms with Crippen LogP contribution in [-0.4, -0.2) is 34.3 Å². The van der Waals surface area contributed by atoms with Gasteiger partial charge in [0, 0.05) is 31.2 Å². The van der Waals surface area contributed by atoms with E-state index in [-0.39, 0.29) is 35.5 Å². The minimum atomic E-state index is -0.745. The zero-order valence-corrected chi connectivity index (χ0v) is 19.1. The molecule has 0 amide bonds. The molecule has 1 unspecified atom stereocenters. The number of nitrogens with one attached hydrogen (secondary N) is 1. The third-order valence-corrected chi connectivity index (χ3v) is 6.11. The van der Waals surface area contributed by atoms with Crippen molar-refractivity contribution in [2.45, 2.75) is 78.2 Å². The first kappa shape index (κ1) is 26.3. The Bertz CT molecular complexity index is 765. The largest absolute Gasteiger partial charge is 0.481 e. The third-order valence-electron chi connectivity index (χ3n) is 6.11. The summed E-state index contributed by atoms with van der Waals surface area (Å²) in [4.78, 5) is 33.4. The number of carboxylic acids is 1. The molecule has 4 N–H and O–H groups in total. The molecule has 7 nitrogen and oxygen atoms in total. The molecule has 0 aliphatic heterocycles. The van der Waals surface area contributed by atoms with Crippen molar-refractivity contribution >= 4 is 23.6 Å². The maximum Gasteiger partial charge on any atom is 0.303 e. The summed E-state index contributed by atoms with van der Waals surface area (Å²) >= 11 is 0. The number of Topliss-reactive ketones (excluding diaryl/α,β-unsaturated/α-hetero) is 1. The Morgan fingerprint density at radius 3 is 2.10 bits per heavy atom. The van der Waals surface area contributed by atoms with Crippen LogP contribution in [0.4, 0.5) is 0 Å². The van der Waals surface area contributed by atoms with Crippen LogP contribution in [-0.2, 0) is 25.5 Å². The molecular weight excluding hydrogens is 396 g/mol. The Morgan fingerprint density at radius 1 is 1.19 bits per heavy atom. The van der Waals surface area contributed by atoms with Gasteiger partial charge in [-0.15, -0.1) is 0 Å². The molecular formula is C24H36N2O5. The molecule has 1 fully saturated rings. The van der Waals surface area contributed by atoms with Crippen LogP contribution in [0.1, 0.15) is 77.3 Å². The van der Waals surface area contributed by atoms with Crippen LogP contribution in [0, 0.1) is 17.2 Å². The number of esters is 1. The van der Waals surface area contributed by atoms with Crippen molar-refractivity contribution < 1.29 is 24.2 Å². The number of carboxylic acid groups (broad SMARTS) is 1. The number of hydrogen-bond donors (Lipinski definition) is 3. The maximum absolute atomic E-state index is 12.7.